The number of benzene rings is 2. The van der Waals surface area contributed by atoms with Gasteiger partial charge in [-0.3, -0.25) is 19.2 Å². The average Bonchev–Trinajstić information content (AvgIpc) is 3.37. The minimum Gasteiger partial charge on any atom is -0.391 e. The SMILES string of the molecule is O=C1SC(=Cc2ccc3c(cnn3Cc3ccc(C(F)(F)F)cc3C(F)(F)F)c2)C(=O)N1[C@H]1CNCC[C@@H]1O. The Morgan fingerprint density at radius 1 is 1.08 bits per heavy atom. The quantitative estimate of drug-likeness (QED) is 0.344. The lowest BCUT2D eigenvalue weighted by Gasteiger charge is -2.33. The second-order valence-corrected chi connectivity index (χ2v) is 10.2. The van der Waals surface area contributed by atoms with E-state index >= 15 is 0 Å². The van der Waals surface area contributed by atoms with Gasteiger partial charge in [-0.05, 0) is 66.2 Å². The third-order valence-corrected chi connectivity index (χ3v) is 7.48. The number of aliphatic hydroxyl groups excluding tert-OH is 1. The Bertz CT molecular complexity index is 1480. The lowest BCUT2D eigenvalue weighted by atomic mass is 10.0. The molecule has 2 saturated heterocycles. The second-order valence-electron chi connectivity index (χ2n) is 9.17. The van der Waals surface area contributed by atoms with Crippen LogP contribution in [0.2, 0.25) is 0 Å². The van der Waals surface area contributed by atoms with E-state index in [1.807, 2.05) is 0 Å². The van der Waals surface area contributed by atoms with Crippen molar-refractivity contribution < 1.29 is 41.0 Å². The summed E-state index contributed by atoms with van der Waals surface area (Å²) in [6.07, 6.45) is -7.46. The smallest absolute Gasteiger partial charge is 0.391 e. The minimum absolute atomic E-state index is 0.0918. The van der Waals surface area contributed by atoms with Gasteiger partial charge in [0.25, 0.3) is 11.1 Å². The van der Waals surface area contributed by atoms with Crippen molar-refractivity contribution in [3.8, 4) is 0 Å². The Morgan fingerprint density at radius 2 is 1.85 bits per heavy atom. The van der Waals surface area contributed by atoms with E-state index in [1.54, 1.807) is 18.2 Å². The summed E-state index contributed by atoms with van der Waals surface area (Å²) in [4.78, 5) is 26.7. The van der Waals surface area contributed by atoms with Crippen LogP contribution in [0.15, 0.2) is 47.5 Å². The van der Waals surface area contributed by atoms with Crippen LogP contribution in [-0.2, 0) is 23.7 Å². The van der Waals surface area contributed by atoms with Crippen LogP contribution in [0, 0.1) is 0 Å². The van der Waals surface area contributed by atoms with Crippen LogP contribution < -0.4 is 5.32 Å². The number of thioether (sulfide) groups is 1. The molecule has 206 valence electrons. The molecule has 3 heterocycles. The van der Waals surface area contributed by atoms with Gasteiger partial charge in [-0.2, -0.15) is 31.4 Å². The van der Waals surface area contributed by atoms with Crippen molar-refractivity contribution in [3.63, 3.8) is 0 Å². The van der Waals surface area contributed by atoms with Gasteiger partial charge in [0.15, 0.2) is 0 Å². The van der Waals surface area contributed by atoms with Crippen LogP contribution in [0.3, 0.4) is 0 Å². The first-order valence-corrected chi connectivity index (χ1v) is 12.5. The zero-order chi connectivity index (χ0) is 28.1. The van der Waals surface area contributed by atoms with Gasteiger partial charge in [0.05, 0.1) is 46.4 Å². The van der Waals surface area contributed by atoms with Crippen LogP contribution in [0.1, 0.15) is 28.7 Å². The zero-order valence-electron chi connectivity index (χ0n) is 19.9. The van der Waals surface area contributed by atoms with Gasteiger partial charge in [0, 0.05) is 11.9 Å². The third-order valence-electron chi connectivity index (χ3n) is 6.60. The van der Waals surface area contributed by atoms with E-state index in [2.05, 4.69) is 10.4 Å². The van der Waals surface area contributed by atoms with Crippen molar-refractivity contribution in [2.75, 3.05) is 13.1 Å². The third kappa shape index (κ3) is 5.40. The molecule has 0 radical (unpaired) electrons. The van der Waals surface area contributed by atoms with Crippen LogP contribution >= 0.6 is 11.8 Å². The summed E-state index contributed by atoms with van der Waals surface area (Å²) in [5.74, 6) is -0.532. The molecule has 1 aromatic heterocycles. The predicted molar refractivity (Wildman–Crippen MR) is 130 cm³/mol. The Hall–Kier alpha value is -3.36. The Labute approximate surface area is 221 Å². The van der Waals surface area contributed by atoms with Crippen LogP contribution in [-0.4, -0.2) is 56.2 Å². The van der Waals surface area contributed by atoms with E-state index in [9.17, 15) is 41.0 Å². The number of nitrogens with zero attached hydrogens (tertiary/aromatic N) is 3. The highest BCUT2D eigenvalue weighted by Crippen LogP contribution is 2.38. The number of hydrogen-bond acceptors (Lipinski definition) is 6. The lowest BCUT2D eigenvalue weighted by Crippen LogP contribution is -2.55. The molecule has 2 aliphatic rings. The summed E-state index contributed by atoms with van der Waals surface area (Å²) in [5.41, 5.74) is -2.22. The summed E-state index contributed by atoms with van der Waals surface area (Å²) in [6, 6.07) is 5.58. The summed E-state index contributed by atoms with van der Waals surface area (Å²) in [6.45, 7) is 0.437. The lowest BCUT2D eigenvalue weighted by molar-refractivity contribution is -0.143. The summed E-state index contributed by atoms with van der Waals surface area (Å²) >= 11 is 0.744. The topological polar surface area (TPSA) is 87.5 Å². The fourth-order valence-electron chi connectivity index (χ4n) is 4.65. The number of carbonyl (C=O) groups excluding carboxylic acids is 2. The predicted octanol–water partition coefficient (Wildman–Crippen LogP) is 4.88. The molecule has 2 aromatic carbocycles. The molecule has 2 aliphatic heterocycles. The van der Waals surface area contributed by atoms with E-state index in [1.165, 1.54) is 17.0 Å². The molecular formula is C25H20F6N4O3S. The number of aromatic nitrogens is 2. The number of carbonyl (C=O) groups is 2. The highest BCUT2D eigenvalue weighted by molar-refractivity contribution is 8.18. The van der Waals surface area contributed by atoms with Crippen LogP contribution in [0.4, 0.5) is 31.1 Å². The number of hydrogen-bond donors (Lipinski definition) is 2. The largest absolute Gasteiger partial charge is 0.416 e. The van der Waals surface area contributed by atoms with Crippen molar-refractivity contribution in [1.82, 2.24) is 20.0 Å². The van der Waals surface area contributed by atoms with Gasteiger partial charge in [-0.1, -0.05) is 12.1 Å². The average molecular weight is 571 g/mol. The van der Waals surface area contributed by atoms with Crippen LogP contribution in [0.25, 0.3) is 17.0 Å². The molecule has 0 unspecified atom stereocenters. The highest BCUT2D eigenvalue weighted by atomic mass is 32.2. The van der Waals surface area contributed by atoms with E-state index in [0.717, 1.165) is 22.7 Å². The first-order valence-electron chi connectivity index (χ1n) is 11.7. The number of nitrogens with one attached hydrogen (secondary N) is 1. The number of rotatable bonds is 4. The Balaban J connectivity index is 1.40. The maximum absolute atomic E-state index is 13.6. The van der Waals surface area contributed by atoms with Crippen molar-refractivity contribution >= 4 is 39.9 Å². The fraction of sp³-hybridized carbons (Fsp3) is 0.320. The molecule has 39 heavy (non-hydrogen) atoms. The Kier molecular flexibility index (Phi) is 6.97. The minimum atomic E-state index is -5.00. The number of piperidine rings is 1. The number of amides is 2. The first-order chi connectivity index (χ1) is 18.3. The molecular weight excluding hydrogens is 550 g/mol. The fourth-order valence-corrected chi connectivity index (χ4v) is 5.53. The number of fused-ring (bicyclic) bond motifs is 1. The molecule has 2 amide bonds. The summed E-state index contributed by atoms with van der Waals surface area (Å²) in [7, 11) is 0. The number of alkyl halides is 6. The normalized spacial score (nSPS) is 21.9. The molecule has 2 fully saturated rings. The zero-order valence-corrected chi connectivity index (χ0v) is 20.7. The monoisotopic (exact) mass is 570 g/mol. The van der Waals surface area contributed by atoms with Gasteiger partial charge in [0.2, 0.25) is 0 Å². The molecule has 2 atom stereocenters. The molecule has 2 N–H and O–H groups in total. The molecule has 0 aliphatic carbocycles. The number of aliphatic hydroxyl groups is 1. The van der Waals surface area contributed by atoms with Crippen molar-refractivity contribution in [2.24, 2.45) is 0 Å². The van der Waals surface area contributed by atoms with Gasteiger partial charge in [-0.15, -0.1) is 0 Å². The summed E-state index contributed by atoms with van der Waals surface area (Å²) in [5, 5.41) is 17.4. The number of halogens is 6. The molecule has 5 rings (SSSR count). The summed E-state index contributed by atoms with van der Waals surface area (Å²) < 4.78 is 80.9. The van der Waals surface area contributed by atoms with Gasteiger partial charge in [-0.25, -0.2) is 0 Å². The van der Waals surface area contributed by atoms with Crippen molar-refractivity contribution in [2.45, 2.75) is 37.5 Å². The first kappa shape index (κ1) is 27.2. The van der Waals surface area contributed by atoms with E-state index < -0.39 is 53.3 Å². The van der Waals surface area contributed by atoms with Crippen LogP contribution in [0.5, 0.6) is 0 Å². The Morgan fingerprint density at radius 3 is 2.54 bits per heavy atom. The van der Waals surface area contributed by atoms with Gasteiger partial charge >= 0.3 is 12.4 Å². The van der Waals surface area contributed by atoms with Gasteiger partial charge < -0.3 is 10.4 Å². The molecule has 0 bridgehead atoms. The molecule has 7 nitrogen and oxygen atoms in total. The second kappa shape index (κ2) is 9.99. The maximum Gasteiger partial charge on any atom is 0.416 e. The van der Waals surface area contributed by atoms with E-state index in [-0.39, 0.29) is 23.1 Å². The number of imide groups is 1. The molecule has 0 spiro atoms. The van der Waals surface area contributed by atoms with E-state index in [4.69, 9.17) is 0 Å². The standard InChI is InChI=1S/C25H20F6N4O3S/c26-24(27,28)16-3-2-14(17(9-16)25(29,30)31)12-34-18-4-1-13(7-15(18)10-33-34)8-21-22(37)35(23(38)39-21)19-11-32-6-5-20(19)36/h1-4,7-10,19-20,32,36H,5-6,11-12H2/t19-,20-/m0/s1. The molecule has 3 aromatic rings. The van der Waals surface area contributed by atoms with Crippen molar-refractivity contribution in [3.05, 3.63) is 69.8 Å². The van der Waals surface area contributed by atoms with Crippen molar-refractivity contribution in [1.29, 1.82) is 0 Å². The maximum atomic E-state index is 13.6. The molecule has 14 heteroatoms. The van der Waals surface area contributed by atoms with Gasteiger partial charge in [0.1, 0.15) is 0 Å². The molecule has 0 saturated carbocycles. The van der Waals surface area contributed by atoms with E-state index in [0.29, 0.717) is 35.5 Å². The highest BCUT2D eigenvalue weighted by Gasteiger charge is 2.43.